The van der Waals surface area contributed by atoms with Crippen LogP contribution in [-0.2, 0) is 9.59 Å². The highest BCUT2D eigenvalue weighted by molar-refractivity contribution is 7.99. The van der Waals surface area contributed by atoms with Crippen LogP contribution >= 0.6 is 11.8 Å². The standard InChI is InChI=1S/C13H16FNO4S/c1-19-9-2-4-10(5-3-9)20-7-6-12(16)15-11(8-14)13(17)18/h2-5,11H,6-8H2,1H3,(H,15,16)(H,17,18). The molecular formula is C13H16FNO4S. The molecule has 0 aliphatic carbocycles. The first-order chi connectivity index (χ1) is 9.56. The third-order valence-electron chi connectivity index (χ3n) is 2.44. The molecule has 0 bridgehead atoms. The molecule has 0 saturated carbocycles. The number of carboxylic acids is 1. The predicted molar refractivity (Wildman–Crippen MR) is 73.9 cm³/mol. The van der Waals surface area contributed by atoms with Crippen LogP contribution in [0.3, 0.4) is 0 Å². The Morgan fingerprint density at radius 2 is 2.05 bits per heavy atom. The fourth-order valence-electron chi connectivity index (χ4n) is 1.37. The van der Waals surface area contributed by atoms with Crippen molar-refractivity contribution >= 4 is 23.6 Å². The van der Waals surface area contributed by atoms with Gasteiger partial charge in [-0.15, -0.1) is 11.8 Å². The van der Waals surface area contributed by atoms with Crippen molar-refractivity contribution in [3.63, 3.8) is 0 Å². The van der Waals surface area contributed by atoms with Gasteiger partial charge < -0.3 is 15.2 Å². The van der Waals surface area contributed by atoms with Gasteiger partial charge in [-0.1, -0.05) is 0 Å². The number of hydrogen-bond acceptors (Lipinski definition) is 4. The molecule has 1 amide bonds. The molecule has 0 aliphatic rings. The lowest BCUT2D eigenvalue weighted by Crippen LogP contribution is -2.42. The van der Waals surface area contributed by atoms with Gasteiger partial charge in [0.1, 0.15) is 12.4 Å². The number of carboxylic acid groups (broad SMARTS) is 1. The largest absolute Gasteiger partial charge is 0.497 e. The fraction of sp³-hybridized carbons (Fsp3) is 0.385. The van der Waals surface area contributed by atoms with Crippen LogP contribution in [-0.4, -0.2) is 42.6 Å². The van der Waals surface area contributed by atoms with Gasteiger partial charge in [0.2, 0.25) is 5.91 Å². The Morgan fingerprint density at radius 3 is 2.55 bits per heavy atom. The Kier molecular flexibility index (Phi) is 6.86. The summed E-state index contributed by atoms with van der Waals surface area (Å²) in [6.07, 6.45) is 0.125. The summed E-state index contributed by atoms with van der Waals surface area (Å²) in [6, 6.07) is 5.89. The van der Waals surface area contributed by atoms with E-state index in [4.69, 9.17) is 9.84 Å². The molecule has 20 heavy (non-hydrogen) atoms. The van der Waals surface area contributed by atoms with Gasteiger partial charge in [-0.3, -0.25) is 4.79 Å². The molecule has 1 unspecified atom stereocenters. The number of methoxy groups -OCH3 is 1. The van der Waals surface area contributed by atoms with E-state index in [9.17, 15) is 14.0 Å². The molecule has 110 valence electrons. The van der Waals surface area contributed by atoms with E-state index < -0.39 is 24.6 Å². The summed E-state index contributed by atoms with van der Waals surface area (Å²) in [5, 5.41) is 10.7. The van der Waals surface area contributed by atoms with E-state index in [2.05, 4.69) is 5.32 Å². The first kappa shape index (κ1) is 16.3. The van der Waals surface area contributed by atoms with Gasteiger partial charge in [-0.05, 0) is 24.3 Å². The number of aliphatic carboxylic acids is 1. The van der Waals surface area contributed by atoms with Gasteiger partial charge in [0.25, 0.3) is 0 Å². The Labute approximate surface area is 120 Å². The van der Waals surface area contributed by atoms with Crippen LogP contribution in [0, 0.1) is 0 Å². The van der Waals surface area contributed by atoms with Crippen molar-refractivity contribution in [3.8, 4) is 5.75 Å². The molecule has 5 nitrogen and oxygen atoms in total. The van der Waals surface area contributed by atoms with Crippen molar-refractivity contribution in [2.45, 2.75) is 17.4 Å². The molecule has 1 aromatic rings. The lowest BCUT2D eigenvalue weighted by molar-refractivity contribution is -0.142. The average Bonchev–Trinajstić information content (AvgIpc) is 2.45. The van der Waals surface area contributed by atoms with Gasteiger partial charge >= 0.3 is 5.97 Å². The Balaban J connectivity index is 2.32. The van der Waals surface area contributed by atoms with Crippen molar-refractivity contribution in [1.29, 1.82) is 0 Å². The van der Waals surface area contributed by atoms with E-state index in [0.29, 0.717) is 5.75 Å². The quantitative estimate of drug-likeness (QED) is 0.715. The summed E-state index contributed by atoms with van der Waals surface area (Å²) in [5.74, 6) is -0.615. The third kappa shape index (κ3) is 5.48. The number of halogens is 1. The van der Waals surface area contributed by atoms with Crippen molar-refractivity contribution in [3.05, 3.63) is 24.3 Å². The van der Waals surface area contributed by atoms with Crippen molar-refractivity contribution < 1.29 is 23.8 Å². The average molecular weight is 301 g/mol. The number of nitrogens with one attached hydrogen (secondary N) is 1. The van der Waals surface area contributed by atoms with Crippen LogP contribution in [0.5, 0.6) is 5.75 Å². The monoisotopic (exact) mass is 301 g/mol. The highest BCUT2D eigenvalue weighted by atomic mass is 32.2. The van der Waals surface area contributed by atoms with Crippen molar-refractivity contribution in [1.82, 2.24) is 5.32 Å². The summed E-state index contributed by atoms with van der Waals surface area (Å²) in [7, 11) is 1.58. The maximum absolute atomic E-state index is 12.3. The Hall–Kier alpha value is -1.76. The lowest BCUT2D eigenvalue weighted by Gasteiger charge is -2.10. The highest BCUT2D eigenvalue weighted by Gasteiger charge is 2.19. The molecule has 0 radical (unpaired) electrons. The molecule has 0 heterocycles. The smallest absolute Gasteiger partial charge is 0.328 e. The molecule has 0 aliphatic heterocycles. The van der Waals surface area contributed by atoms with E-state index in [1.807, 2.05) is 24.3 Å². The van der Waals surface area contributed by atoms with Crippen LogP contribution in [0.2, 0.25) is 0 Å². The van der Waals surface area contributed by atoms with Crippen molar-refractivity contribution in [2.75, 3.05) is 19.5 Å². The number of ether oxygens (including phenoxy) is 1. The second-order valence-corrected chi connectivity index (χ2v) is 5.05. The number of thioether (sulfide) groups is 1. The molecule has 0 saturated heterocycles. The van der Waals surface area contributed by atoms with E-state index in [1.54, 1.807) is 7.11 Å². The first-order valence-corrected chi connectivity index (χ1v) is 6.90. The fourth-order valence-corrected chi connectivity index (χ4v) is 2.22. The third-order valence-corrected chi connectivity index (χ3v) is 3.46. The van der Waals surface area contributed by atoms with Gasteiger partial charge in [-0.25, -0.2) is 9.18 Å². The SMILES string of the molecule is COc1ccc(SCCC(=O)NC(CF)C(=O)O)cc1. The van der Waals surface area contributed by atoms with Gasteiger partial charge in [0.05, 0.1) is 7.11 Å². The molecule has 0 fully saturated rings. The molecule has 0 spiro atoms. The first-order valence-electron chi connectivity index (χ1n) is 5.91. The minimum atomic E-state index is -1.46. The van der Waals surface area contributed by atoms with Crippen LogP contribution in [0.1, 0.15) is 6.42 Å². The van der Waals surface area contributed by atoms with E-state index in [0.717, 1.165) is 10.6 Å². The van der Waals surface area contributed by atoms with Crippen LogP contribution in [0.4, 0.5) is 4.39 Å². The van der Waals surface area contributed by atoms with Gasteiger partial charge in [-0.2, -0.15) is 0 Å². The molecule has 2 N–H and O–H groups in total. The summed E-state index contributed by atoms with van der Waals surface area (Å²) in [4.78, 5) is 23.0. The molecule has 7 heteroatoms. The summed E-state index contributed by atoms with van der Waals surface area (Å²) in [5.41, 5.74) is 0. The second kappa shape index (κ2) is 8.42. The lowest BCUT2D eigenvalue weighted by atomic mass is 10.3. The second-order valence-electron chi connectivity index (χ2n) is 3.89. The number of rotatable bonds is 8. The molecule has 1 atom stereocenters. The van der Waals surface area contributed by atoms with Gasteiger partial charge in [0, 0.05) is 17.1 Å². The van der Waals surface area contributed by atoms with Crippen LogP contribution in [0.25, 0.3) is 0 Å². The van der Waals surface area contributed by atoms with E-state index >= 15 is 0 Å². The molecule has 0 aromatic heterocycles. The topological polar surface area (TPSA) is 75.6 Å². The highest BCUT2D eigenvalue weighted by Crippen LogP contribution is 2.21. The summed E-state index contributed by atoms with van der Waals surface area (Å²) >= 11 is 1.45. The number of amides is 1. The Bertz CT molecular complexity index is 452. The zero-order valence-electron chi connectivity index (χ0n) is 11.0. The summed E-state index contributed by atoms with van der Waals surface area (Å²) in [6.45, 7) is -1.12. The zero-order chi connectivity index (χ0) is 15.0. The minimum absolute atomic E-state index is 0.125. The van der Waals surface area contributed by atoms with Crippen molar-refractivity contribution in [2.24, 2.45) is 0 Å². The Morgan fingerprint density at radius 1 is 1.40 bits per heavy atom. The molecule has 1 rings (SSSR count). The minimum Gasteiger partial charge on any atom is -0.497 e. The molecule has 1 aromatic carbocycles. The number of carbonyl (C=O) groups excluding carboxylic acids is 1. The van der Waals surface area contributed by atoms with Crippen LogP contribution in [0.15, 0.2) is 29.2 Å². The maximum Gasteiger partial charge on any atom is 0.328 e. The van der Waals surface area contributed by atoms with Gasteiger partial charge in [0.15, 0.2) is 6.04 Å². The summed E-state index contributed by atoms with van der Waals surface area (Å²) < 4.78 is 17.3. The normalized spacial score (nSPS) is 11.7. The zero-order valence-corrected chi connectivity index (χ0v) is 11.8. The van der Waals surface area contributed by atoms with Crippen LogP contribution < -0.4 is 10.1 Å². The number of hydrogen-bond donors (Lipinski definition) is 2. The maximum atomic E-state index is 12.3. The van der Waals surface area contributed by atoms with E-state index in [-0.39, 0.29) is 6.42 Å². The van der Waals surface area contributed by atoms with E-state index in [1.165, 1.54) is 11.8 Å². The number of alkyl halides is 1. The predicted octanol–water partition coefficient (Wildman–Crippen LogP) is 1.72. The number of benzene rings is 1. The number of carbonyl (C=O) groups is 2. The molecular weight excluding hydrogens is 285 g/mol.